The van der Waals surface area contributed by atoms with Crippen LogP contribution in [-0.4, -0.2) is 42.1 Å². The summed E-state index contributed by atoms with van der Waals surface area (Å²) >= 11 is 11.4. The summed E-state index contributed by atoms with van der Waals surface area (Å²) < 4.78 is 31.9. The second-order valence-corrected chi connectivity index (χ2v) is 8.26. The molecule has 1 aromatic carbocycles. The topological polar surface area (TPSA) is 140 Å². The maximum atomic E-state index is 12.4. The molecule has 160 valence electrons. The number of esters is 1. The molecule has 0 spiro atoms. The third-order valence-electron chi connectivity index (χ3n) is 3.63. The van der Waals surface area contributed by atoms with Crippen LogP contribution in [0, 0.1) is 0 Å². The molecular weight excluding hydrogens is 469 g/mol. The minimum Gasteiger partial charge on any atom is -0.452 e. The van der Waals surface area contributed by atoms with Gasteiger partial charge in [0.05, 0.1) is 10.5 Å². The molecule has 10 nitrogen and oxygen atoms in total. The molecule has 13 heteroatoms. The maximum Gasteiger partial charge on any atom is 0.341 e. The Balaban J connectivity index is 1.57. The van der Waals surface area contributed by atoms with E-state index in [0.29, 0.717) is 5.69 Å². The normalized spacial score (nSPS) is 10.9. The minimum absolute atomic E-state index is 0.00249. The van der Waals surface area contributed by atoms with E-state index in [-0.39, 0.29) is 26.6 Å². The first-order valence-corrected chi connectivity index (χ1v) is 10.7. The molecule has 0 saturated heterocycles. The Morgan fingerprint density at radius 2 is 1.74 bits per heavy atom. The van der Waals surface area contributed by atoms with Gasteiger partial charge < -0.3 is 10.1 Å². The highest BCUT2D eigenvalue weighted by Gasteiger charge is 2.16. The molecule has 3 aromatic rings. The molecule has 0 aliphatic rings. The summed E-state index contributed by atoms with van der Waals surface area (Å²) in [6.45, 7) is -0.569. The average molecular weight is 482 g/mol. The van der Waals surface area contributed by atoms with E-state index in [1.165, 1.54) is 54.7 Å². The van der Waals surface area contributed by atoms with Crippen molar-refractivity contribution in [2.24, 2.45) is 0 Å². The van der Waals surface area contributed by atoms with Gasteiger partial charge in [-0.2, -0.15) is 0 Å². The van der Waals surface area contributed by atoms with Gasteiger partial charge in [0, 0.05) is 11.9 Å². The minimum atomic E-state index is -3.92. The lowest BCUT2D eigenvalue weighted by Crippen LogP contribution is -2.21. The lowest BCUT2D eigenvalue weighted by Gasteiger charge is -2.09. The second kappa shape index (κ2) is 9.69. The summed E-state index contributed by atoms with van der Waals surface area (Å²) in [5, 5.41) is 9.74. The Bertz CT molecular complexity index is 1200. The first kappa shape index (κ1) is 22.4. The molecular formula is C18H13Cl2N5O5S. The van der Waals surface area contributed by atoms with E-state index in [2.05, 4.69) is 25.2 Å². The molecule has 0 saturated carbocycles. The lowest BCUT2D eigenvalue weighted by atomic mass is 10.3. The SMILES string of the molecule is O=C(COC(=O)c1cccnc1Cl)Nc1ccc(S(=O)(=O)Nc2ccc(Cl)nn2)cc1. The highest BCUT2D eigenvalue weighted by molar-refractivity contribution is 7.92. The number of aromatic nitrogens is 3. The van der Waals surface area contributed by atoms with Crippen molar-refractivity contribution in [3.8, 4) is 0 Å². The van der Waals surface area contributed by atoms with Crippen LogP contribution in [-0.2, 0) is 19.6 Å². The number of hydrogen-bond acceptors (Lipinski definition) is 8. The van der Waals surface area contributed by atoms with Gasteiger partial charge in [-0.15, -0.1) is 10.2 Å². The van der Waals surface area contributed by atoms with Crippen LogP contribution in [0.3, 0.4) is 0 Å². The Labute approximate surface area is 186 Å². The Kier molecular flexibility index (Phi) is 7.00. The maximum absolute atomic E-state index is 12.4. The van der Waals surface area contributed by atoms with Gasteiger partial charge in [-0.05, 0) is 48.5 Å². The number of carbonyl (C=O) groups excluding carboxylic acids is 2. The zero-order valence-corrected chi connectivity index (χ0v) is 17.8. The van der Waals surface area contributed by atoms with Crippen molar-refractivity contribution in [3.63, 3.8) is 0 Å². The van der Waals surface area contributed by atoms with Crippen molar-refractivity contribution in [2.75, 3.05) is 16.6 Å². The molecule has 3 rings (SSSR count). The standard InChI is InChI=1S/C18H13Cl2N5O5S/c19-14-7-8-15(24-23-14)25-31(28,29)12-5-3-11(4-6-12)22-16(26)10-30-18(27)13-2-1-9-21-17(13)20/h1-9H,10H2,(H,22,26)(H,24,25). The number of ether oxygens (including phenoxy) is 1. The molecule has 1 amide bonds. The highest BCUT2D eigenvalue weighted by Crippen LogP contribution is 2.18. The molecule has 0 fully saturated rings. The molecule has 2 aromatic heterocycles. The smallest absolute Gasteiger partial charge is 0.341 e. The molecule has 0 aliphatic carbocycles. The number of carbonyl (C=O) groups is 2. The van der Waals surface area contributed by atoms with Crippen molar-refractivity contribution < 1.29 is 22.7 Å². The van der Waals surface area contributed by atoms with E-state index in [0.717, 1.165) is 0 Å². The van der Waals surface area contributed by atoms with Crippen molar-refractivity contribution in [1.82, 2.24) is 15.2 Å². The van der Waals surface area contributed by atoms with Crippen LogP contribution in [0.15, 0.2) is 59.6 Å². The fourth-order valence-electron chi connectivity index (χ4n) is 2.23. The predicted octanol–water partition coefficient (Wildman–Crippen LogP) is 2.77. The number of benzene rings is 1. The molecule has 0 atom stereocenters. The van der Waals surface area contributed by atoms with E-state index in [1.807, 2.05) is 0 Å². The first-order valence-electron chi connectivity index (χ1n) is 8.44. The Morgan fingerprint density at radius 3 is 2.39 bits per heavy atom. The number of rotatable bonds is 7. The van der Waals surface area contributed by atoms with Crippen LogP contribution >= 0.6 is 23.2 Å². The Hall–Kier alpha value is -3.28. The zero-order chi connectivity index (χ0) is 22.4. The highest BCUT2D eigenvalue weighted by atomic mass is 35.5. The van der Waals surface area contributed by atoms with Gasteiger partial charge in [-0.1, -0.05) is 23.2 Å². The van der Waals surface area contributed by atoms with Gasteiger partial charge in [0.1, 0.15) is 5.15 Å². The number of nitrogens with zero attached hydrogens (tertiary/aromatic N) is 3. The monoisotopic (exact) mass is 481 g/mol. The van der Waals surface area contributed by atoms with Crippen LogP contribution in [0.4, 0.5) is 11.5 Å². The summed E-state index contributed by atoms with van der Waals surface area (Å²) in [7, 11) is -3.92. The third-order valence-corrected chi connectivity index (χ3v) is 5.51. The van der Waals surface area contributed by atoms with Gasteiger partial charge >= 0.3 is 5.97 Å². The summed E-state index contributed by atoms with van der Waals surface area (Å²) in [5.74, 6) is -1.43. The predicted molar refractivity (Wildman–Crippen MR) is 112 cm³/mol. The number of nitrogens with one attached hydrogen (secondary N) is 2. The van der Waals surface area contributed by atoms with Gasteiger partial charge in [0.15, 0.2) is 17.6 Å². The fourth-order valence-corrected chi connectivity index (χ4v) is 3.52. The summed E-state index contributed by atoms with van der Waals surface area (Å²) in [5.41, 5.74) is 0.329. The Morgan fingerprint density at radius 1 is 1.00 bits per heavy atom. The fraction of sp³-hybridized carbons (Fsp3) is 0.0556. The quantitative estimate of drug-likeness (QED) is 0.387. The number of amides is 1. The van der Waals surface area contributed by atoms with Gasteiger partial charge in [-0.25, -0.2) is 18.2 Å². The number of halogens is 2. The largest absolute Gasteiger partial charge is 0.452 e. The number of hydrogen-bond donors (Lipinski definition) is 2. The average Bonchev–Trinajstić information content (AvgIpc) is 2.74. The van der Waals surface area contributed by atoms with Gasteiger partial charge in [-0.3, -0.25) is 9.52 Å². The van der Waals surface area contributed by atoms with E-state index < -0.39 is 28.5 Å². The number of pyridine rings is 1. The van der Waals surface area contributed by atoms with E-state index >= 15 is 0 Å². The molecule has 0 unspecified atom stereocenters. The van der Waals surface area contributed by atoms with Crippen LogP contribution in [0.1, 0.15) is 10.4 Å². The van der Waals surface area contributed by atoms with Crippen LogP contribution in [0.2, 0.25) is 10.3 Å². The van der Waals surface area contributed by atoms with Crippen LogP contribution in [0.25, 0.3) is 0 Å². The van der Waals surface area contributed by atoms with Crippen molar-refractivity contribution in [1.29, 1.82) is 0 Å². The van der Waals surface area contributed by atoms with E-state index in [9.17, 15) is 18.0 Å². The van der Waals surface area contributed by atoms with Gasteiger partial charge in [0.2, 0.25) is 0 Å². The molecule has 0 radical (unpaired) electrons. The summed E-state index contributed by atoms with van der Waals surface area (Å²) in [6, 6.07) is 11.0. The molecule has 0 aliphatic heterocycles. The molecule has 0 bridgehead atoms. The van der Waals surface area contributed by atoms with E-state index in [1.54, 1.807) is 0 Å². The van der Waals surface area contributed by atoms with Crippen molar-refractivity contribution >= 4 is 56.6 Å². The molecule has 2 heterocycles. The van der Waals surface area contributed by atoms with Crippen LogP contribution in [0.5, 0.6) is 0 Å². The van der Waals surface area contributed by atoms with Crippen molar-refractivity contribution in [3.05, 3.63) is 70.6 Å². The number of anilines is 2. The molecule has 2 N–H and O–H groups in total. The lowest BCUT2D eigenvalue weighted by molar-refractivity contribution is -0.119. The second-order valence-electron chi connectivity index (χ2n) is 5.84. The van der Waals surface area contributed by atoms with E-state index in [4.69, 9.17) is 27.9 Å². The van der Waals surface area contributed by atoms with Gasteiger partial charge in [0.25, 0.3) is 15.9 Å². The number of sulfonamides is 1. The summed E-state index contributed by atoms with van der Waals surface area (Å²) in [4.78, 5) is 27.6. The zero-order valence-electron chi connectivity index (χ0n) is 15.5. The third kappa shape index (κ3) is 6.10. The first-order chi connectivity index (χ1) is 14.7. The summed E-state index contributed by atoms with van der Waals surface area (Å²) in [6.07, 6.45) is 1.41. The van der Waals surface area contributed by atoms with Crippen LogP contribution < -0.4 is 10.0 Å². The molecule has 31 heavy (non-hydrogen) atoms. The van der Waals surface area contributed by atoms with Crippen molar-refractivity contribution in [2.45, 2.75) is 4.90 Å².